The van der Waals surface area contributed by atoms with Crippen LogP contribution in [0.2, 0.25) is 0 Å². The molecule has 0 radical (unpaired) electrons. The third-order valence-electron chi connectivity index (χ3n) is 2.24. The highest BCUT2D eigenvalue weighted by atomic mass is 16.5. The molecule has 0 amide bonds. The minimum atomic E-state index is -0.900. The van der Waals surface area contributed by atoms with Crippen molar-refractivity contribution < 1.29 is 14.6 Å². The lowest BCUT2D eigenvalue weighted by Gasteiger charge is -2.13. The van der Waals surface area contributed by atoms with E-state index < -0.39 is 11.9 Å². The normalized spacial score (nSPS) is 11.5. The van der Waals surface area contributed by atoms with Gasteiger partial charge in [-0.3, -0.25) is 4.79 Å². The lowest BCUT2D eigenvalue weighted by atomic mass is 9.98. The summed E-state index contributed by atoms with van der Waals surface area (Å²) >= 11 is 0. The van der Waals surface area contributed by atoms with Crippen LogP contribution in [0.5, 0.6) is 5.75 Å². The van der Waals surface area contributed by atoms with Gasteiger partial charge >= 0.3 is 5.97 Å². The number of ether oxygens (including phenoxy) is 1. The monoisotopic (exact) mass is 204 g/mol. The number of carbonyl (C=O) groups is 1. The van der Waals surface area contributed by atoms with E-state index in [4.69, 9.17) is 16.3 Å². The molecule has 0 aliphatic rings. The van der Waals surface area contributed by atoms with Gasteiger partial charge in [-0.1, -0.05) is 18.1 Å². The smallest absolute Gasteiger partial charge is 0.310 e. The molecule has 0 saturated heterocycles. The summed E-state index contributed by atoms with van der Waals surface area (Å²) in [6.07, 6.45) is 5.29. The highest BCUT2D eigenvalue weighted by Gasteiger charge is 2.19. The van der Waals surface area contributed by atoms with Gasteiger partial charge in [0.25, 0.3) is 0 Å². The molecule has 0 spiro atoms. The standard InChI is InChI=1S/C12H12O3/c1-4-9-6-5-7-10(11(9)15-3)8(2)12(13)14/h1,5-8H,2-3H3,(H,13,14). The summed E-state index contributed by atoms with van der Waals surface area (Å²) in [5, 5.41) is 8.91. The largest absolute Gasteiger partial charge is 0.495 e. The fourth-order valence-corrected chi connectivity index (χ4v) is 1.37. The zero-order valence-corrected chi connectivity index (χ0v) is 8.65. The van der Waals surface area contributed by atoms with Crippen LogP contribution in [0, 0.1) is 12.3 Å². The van der Waals surface area contributed by atoms with Crippen molar-refractivity contribution in [2.24, 2.45) is 0 Å². The second-order valence-corrected chi connectivity index (χ2v) is 3.13. The van der Waals surface area contributed by atoms with Gasteiger partial charge in [-0.2, -0.15) is 0 Å². The highest BCUT2D eigenvalue weighted by molar-refractivity contribution is 5.77. The van der Waals surface area contributed by atoms with Gasteiger partial charge < -0.3 is 9.84 Å². The van der Waals surface area contributed by atoms with E-state index in [-0.39, 0.29) is 0 Å². The molecule has 0 aliphatic carbocycles. The number of carboxylic acids is 1. The molecular weight excluding hydrogens is 192 g/mol. The van der Waals surface area contributed by atoms with Gasteiger partial charge in [-0.05, 0) is 13.0 Å². The Hall–Kier alpha value is -1.95. The lowest BCUT2D eigenvalue weighted by Crippen LogP contribution is -2.09. The van der Waals surface area contributed by atoms with Crippen LogP contribution in [0.4, 0.5) is 0 Å². The molecule has 0 fully saturated rings. The molecule has 0 bridgehead atoms. The number of aliphatic carboxylic acids is 1. The van der Waals surface area contributed by atoms with Crippen molar-refractivity contribution in [3.8, 4) is 18.1 Å². The summed E-state index contributed by atoms with van der Waals surface area (Å²) in [7, 11) is 1.48. The zero-order chi connectivity index (χ0) is 11.4. The Labute approximate surface area is 88.7 Å². The molecule has 0 aliphatic heterocycles. The summed E-state index contributed by atoms with van der Waals surface area (Å²) in [6, 6.07) is 5.15. The number of hydrogen-bond donors (Lipinski definition) is 1. The summed E-state index contributed by atoms with van der Waals surface area (Å²) in [4.78, 5) is 10.9. The Kier molecular flexibility index (Phi) is 3.35. The van der Waals surface area contributed by atoms with Gasteiger partial charge in [0.1, 0.15) is 5.75 Å². The predicted octanol–water partition coefficient (Wildman–Crippen LogP) is 1.86. The molecule has 1 aromatic carbocycles. The topological polar surface area (TPSA) is 46.5 Å². The van der Waals surface area contributed by atoms with Crippen molar-refractivity contribution >= 4 is 5.97 Å². The van der Waals surface area contributed by atoms with E-state index in [0.29, 0.717) is 16.9 Å². The molecular formula is C12H12O3. The Balaban J connectivity index is 3.30. The molecule has 0 heterocycles. The number of rotatable bonds is 3. The van der Waals surface area contributed by atoms with E-state index in [1.165, 1.54) is 7.11 Å². The van der Waals surface area contributed by atoms with Crippen LogP contribution in [-0.2, 0) is 4.79 Å². The second-order valence-electron chi connectivity index (χ2n) is 3.13. The van der Waals surface area contributed by atoms with Crippen LogP contribution in [-0.4, -0.2) is 18.2 Å². The van der Waals surface area contributed by atoms with E-state index in [9.17, 15) is 4.79 Å². The fourth-order valence-electron chi connectivity index (χ4n) is 1.37. The summed E-state index contributed by atoms with van der Waals surface area (Å²) in [6.45, 7) is 1.60. The Morgan fingerprint density at radius 2 is 2.27 bits per heavy atom. The fraction of sp³-hybridized carbons (Fsp3) is 0.250. The molecule has 0 aromatic heterocycles. The van der Waals surface area contributed by atoms with Crippen molar-refractivity contribution in [1.29, 1.82) is 0 Å². The molecule has 1 atom stereocenters. The number of carboxylic acid groups (broad SMARTS) is 1. The highest BCUT2D eigenvalue weighted by Crippen LogP contribution is 2.29. The first-order chi connectivity index (χ1) is 7.11. The molecule has 15 heavy (non-hydrogen) atoms. The Morgan fingerprint density at radius 3 is 2.73 bits per heavy atom. The van der Waals surface area contributed by atoms with Crippen LogP contribution in [0.25, 0.3) is 0 Å². The first-order valence-corrected chi connectivity index (χ1v) is 4.48. The molecule has 0 saturated carbocycles. The average Bonchev–Trinajstić information content (AvgIpc) is 2.26. The molecule has 1 unspecified atom stereocenters. The molecule has 1 N–H and O–H groups in total. The minimum Gasteiger partial charge on any atom is -0.495 e. The molecule has 1 rings (SSSR count). The molecule has 3 nitrogen and oxygen atoms in total. The van der Waals surface area contributed by atoms with Crippen LogP contribution >= 0.6 is 0 Å². The van der Waals surface area contributed by atoms with Gasteiger partial charge in [-0.25, -0.2) is 0 Å². The van der Waals surface area contributed by atoms with Gasteiger partial charge in [0.15, 0.2) is 0 Å². The van der Waals surface area contributed by atoms with E-state index in [1.54, 1.807) is 25.1 Å². The maximum absolute atomic E-state index is 10.9. The quantitative estimate of drug-likeness (QED) is 0.764. The third kappa shape index (κ3) is 2.10. The SMILES string of the molecule is C#Cc1cccc(C(C)C(=O)O)c1OC. The zero-order valence-electron chi connectivity index (χ0n) is 8.65. The number of para-hydroxylation sites is 1. The maximum atomic E-state index is 10.9. The number of methoxy groups -OCH3 is 1. The van der Waals surface area contributed by atoms with E-state index >= 15 is 0 Å². The van der Waals surface area contributed by atoms with Crippen molar-refractivity contribution in [2.45, 2.75) is 12.8 Å². The van der Waals surface area contributed by atoms with Crippen LogP contribution < -0.4 is 4.74 Å². The molecule has 78 valence electrons. The van der Waals surface area contributed by atoms with E-state index in [0.717, 1.165) is 0 Å². The first kappa shape index (κ1) is 11.1. The van der Waals surface area contributed by atoms with E-state index in [1.807, 2.05) is 0 Å². The van der Waals surface area contributed by atoms with Gasteiger partial charge in [0.2, 0.25) is 0 Å². The predicted molar refractivity (Wildman–Crippen MR) is 57.0 cm³/mol. The molecule has 3 heteroatoms. The van der Waals surface area contributed by atoms with Crippen LogP contribution in [0.3, 0.4) is 0 Å². The van der Waals surface area contributed by atoms with Crippen molar-refractivity contribution in [2.75, 3.05) is 7.11 Å². The number of benzene rings is 1. The first-order valence-electron chi connectivity index (χ1n) is 4.48. The summed E-state index contributed by atoms with van der Waals surface area (Å²) in [5.74, 6) is 1.40. The lowest BCUT2D eigenvalue weighted by molar-refractivity contribution is -0.138. The van der Waals surface area contributed by atoms with Gasteiger partial charge in [0.05, 0.1) is 18.6 Å². The number of hydrogen-bond acceptors (Lipinski definition) is 2. The average molecular weight is 204 g/mol. The Morgan fingerprint density at radius 1 is 1.60 bits per heavy atom. The van der Waals surface area contributed by atoms with Crippen molar-refractivity contribution in [3.63, 3.8) is 0 Å². The van der Waals surface area contributed by atoms with E-state index in [2.05, 4.69) is 5.92 Å². The maximum Gasteiger partial charge on any atom is 0.310 e. The summed E-state index contributed by atoms with van der Waals surface area (Å²) < 4.78 is 5.13. The van der Waals surface area contributed by atoms with Gasteiger partial charge in [-0.15, -0.1) is 6.42 Å². The minimum absolute atomic E-state index is 0.468. The van der Waals surface area contributed by atoms with Gasteiger partial charge in [0, 0.05) is 5.56 Å². The summed E-state index contributed by atoms with van der Waals surface area (Å²) in [5.41, 5.74) is 1.17. The second kappa shape index (κ2) is 4.52. The van der Waals surface area contributed by atoms with Crippen molar-refractivity contribution in [3.05, 3.63) is 29.3 Å². The molecule has 1 aromatic rings. The Bertz CT molecular complexity index is 415. The van der Waals surface area contributed by atoms with Crippen molar-refractivity contribution in [1.82, 2.24) is 0 Å². The third-order valence-corrected chi connectivity index (χ3v) is 2.24. The van der Waals surface area contributed by atoms with Crippen LogP contribution in [0.1, 0.15) is 24.0 Å². The number of terminal acetylenes is 1. The van der Waals surface area contributed by atoms with Crippen LogP contribution in [0.15, 0.2) is 18.2 Å².